The van der Waals surface area contributed by atoms with Gasteiger partial charge in [0, 0.05) is 12.2 Å². The van der Waals surface area contributed by atoms with Gasteiger partial charge in [0.25, 0.3) is 0 Å². The first-order chi connectivity index (χ1) is 9.39. The Hall–Kier alpha value is -1.55. The molecule has 2 amide bonds. The summed E-state index contributed by atoms with van der Waals surface area (Å²) in [6, 6.07) is 5.97. The first kappa shape index (κ1) is 14.9. The summed E-state index contributed by atoms with van der Waals surface area (Å²) in [4.78, 5) is 13.8. The van der Waals surface area contributed by atoms with Crippen LogP contribution >= 0.6 is 0 Å². The minimum atomic E-state index is -0.884. The van der Waals surface area contributed by atoms with Crippen molar-refractivity contribution in [3.05, 3.63) is 29.3 Å². The van der Waals surface area contributed by atoms with Crippen LogP contribution in [0.5, 0.6) is 0 Å². The molecule has 1 aromatic carbocycles. The number of carbonyl (C=O) groups is 1. The van der Waals surface area contributed by atoms with Crippen LogP contribution in [0.1, 0.15) is 38.3 Å². The normalized spacial score (nSPS) is 14.0. The van der Waals surface area contributed by atoms with Gasteiger partial charge in [-0.2, -0.15) is 0 Å². The van der Waals surface area contributed by atoms with Gasteiger partial charge in [0.05, 0.1) is 12.1 Å². The van der Waals surface area contributed by atoms with Crippen LogP contribution in [0, 0.1) is 0 Å². The number of aryl methyl sites for hydroxylation is 2. The quantitative estimate of drug-likeness (QED) is 0.888. The number of hydrogen-bond acceptors (Lipinski definition) is 2. The second-order valence-electron chi connectivity index (χ2n) is 6.09. The standard InChI is InChI=1S/C16H24N2O2/c1-4-18(11-16(2,3)20)15(19)17-14-9-8-12-6-5-7-13(12)10-14/h8-10,20H,4-7,11H2,1-3H3,(H,17,19). The van der Waals surface area contributed by atoms with Crippen molar-refractivity contribution in [1.29, 1.82) is 0 Å². The molecule has 2 N–H and O–H groups in total. The lowest BCUT2D eigenvalue weighted by atomic mass is 10.1. The summed E-state index contributed by atoms with van der Waals surface area (Å²) >= 11 is 0. The molecule has 0 fully saturated rings. The summed E-state index contributed by atoms with van der Waals surface area (Å²) in [6.07, 6.45) is 3.44. The van der Waals surface area contributed by atoms with E-state index in [2.05, 4.69) is 17.4 Å². The van der Waals surface area contributed by atoms with Crippen molar-refractivity contribution in [3.63, 3.8) is 0 Å². The number of likely N-dealkylation sites (N-methyl/N-ethyl adjacent to an activating group) is 1. The third-order valence-electron chi connectivity index (χ3n) is 3.60. The zero-order chi connectivity index (χ0) is 14.8. The van der Waals surface area contributed by atoms with Crippen LogP contribution in [0.2, 0.25) is 0 Å². The Balaban J connectivity index is 2.03. The molecule has 0 heterocycles. The summed E-state index contributed by atoms with van der Waals surface area (Å²) in [5, 5.41) is 12.8. The molecule has 0 aliphatic heterocycles. The minimum Gasteiger partial charge on any atom is -0.389 e. The highest BCUT2D eigenvalue weighted by atomic mass is 16.3. The largest absolute Gasteiger partial charge is 0.389 e. The number of carbonyl (C=O) groups excluding carboxylic acids is 1. The molecule has 4 nitrogen and oxygen atoms in total. The monoisotopic (exact) mass is 276 g/mol. The van der Waals surface area contributed by atoms with Crippen LogP contribution in [-0.4, -0.2) is 34.7 Å². The summed E-state index contributed by atoms with van der Waals surface area (Å²) in [7, 11) is 0. The molecule has 0 aromatic heterocycles. The molecule has 0 saturated heterocycles. The van der Waals surface area contributed by atoms with Gasteiger partial charge in [-0.15, -0.1) is 0 Å². The number of aliphatic hydroxyl groups is 1. The van der Waals surface area contributed by atoms with Crippen LogP contribution in [-0.2, 0) is 12.8 Å². The fourth-order valence-corrected chi connectivity index (χ4v) is 2.65. The van der Waals surface area contributed by atoms with Crippen LogP contribution in [0.4, 0.5) is 10.5 Å². The number of hydrogen-bond donors (Lipinski definition) is 2. The molecule has 1 aliphatic rings. The van der Waals surface area contributed by atoms with E-state index in [9.17, 15) is 9.90 Å². The van der Waals surface area contributed by atoms with Crippen molar-refractivity contribution in [3.8, 4) is 0 Å². The molecule has 0 saturated carbocycles. The van der Waals surface area contributed by atoms with Crippen molar-refractivity contribution in [1.82, 2.24) is 4.90 Å². The number of rotatable bonds is 4. The van der Waals surface area contributed by atoms with Gasteiger partial charge < -0.3 is 15.3 Å². The highest BCUT2D eigenvalue weighted by Gasteiger charge is 2.21. The van der Waals surface area contributed by atoms with Crippen molar-refractivity contribution < 1.29 is 9.90 Å². The van der Waals surface area contributed by atoms with E-state index in [0.717, 1.165) is 18.5 Å². The number of urea groups is 1. The van der Waals surface area contributed by atoms with E-state index in [-0.39, 0.29) is 6.03 Å². The van der Waals surface area contributed by atoms with E-state index < -0.39 is 5.60 Å². The fraction of sp³-hybridized carbons (Fsp3) is 0.562. The molecule has 0 radical (unpaired) electrons. The van der Waals surface area contributed by atoms with Gasteiger partial charge in [0.1, 0.15) is 0 Å². The maximum atomic E-state index is 12.2. The minimum absolute atomic E-state index is 0.160. The molecular weight excluding hydrogens is 252 g/mol. The Morgan fingerprint density at radius 2 is 2.05 bits per heavy atom. The number of benzene rings is 1. The topological polar surface area (TPSA) is 52.6 Å². The third-order valence-corrected chi connectivity index (χ3v) is 3.60. The summed E-state index contributed by atoms with van der Waals surface area (Å²) < 4.78 is 0. The van der Waals surface area contributed by atoms with Crippen LogP contribution in [0.15, 0.2) is 18.2 Å². The number of nitrogens with zero attached hydrogens (tertiary/aromatic N) is 1. The van der Waals surface area contributed by atoms with Crippen molar-refractivity contribution >= 4 is 11.7 Å². The van der Waals surface area contributed by atoms with Gasteiger partial charge in [-0.1, -0.05) is 6.07 Å². The molecule has 4 heteroatoms. The van der Waals surface area contributed by atoms with E-state index >= 15 is 0 Å². The van der Waals surface area contributed by atoms with Crippen molar-refractivity contribution in [2.24, 2.45) is 0 Å². The summed E-state index contributed by atoms with van der Waals surface area (Å²) in [5.74, 6) is 0. The number of fused-ring (bicyclic) bond motifs is 1. The van der Waals surface area contributed by atoms with Gasteiger partial charge in [-0.25, -0.2) is 4.79 Å². The van der Waals surface area contributed by atoms with E-state index in [1.165, 1.54) is 17.5 Å². The molecular formula is C16H24N2O2. The predicted octanol–water partition coefficient (Wildman–Crippen LogP) is 2.80. The van der Waals surface area contributed by atoms with Crippen molar-refractivity contribution in [2.75, 3.05) is 18.4 Å². The van der Waals surface area contributed by atoms with Gasteiger partial charge in [-0.3, -0.25) is 0 Å². The first-order valence-corrected chi connectivity index (χ1v) is 7.29. The average molecular weight is 276 g/mol. The maximum Gasteiger partial charge on any atom is 0.321 e. The van der Waals surface area contributed by atoms with E-state index in [1.54, 1.807) is 18.7 Å². The van der Waals surface area contributed by atoms with Crippen LogP contribution in [0.3, 0.4) is 0 Å². The zero-order valence-electron chi connectivity index (χ0n) is 12.6. The molecule has 1 aliphatic carbocycles. The summed E-state index contributed by atoms with van der Waals surface area (Å²) in [5.41, 5.74) is 2.69. The lowest BCUT2D eigenvalue weighted by Gasteiger charge is -2.28. The molecule has 20 heavy (non-hydrogen) atoms. The van der Waals surface area contributed by atoms with Gasteiger partial charge in [0.2, 0.25) is 0 Å². The Labute approximate surface area is 120 Å². The van der Waals surface area contributed by atoms with E-state index in [0.29, 0.717) is 13.1 Å². The van der Waals surface area contributed by atoms with Gasteiger partial charge in [0.15, 0.2) is 0 Å². The molecule has 110 valence electrons. The molecule has 2 rings (SSSR count). The molecule has 0 atom stereocenters. The number of amides is 2. The first-order valence-electron chi connectivity index (χ1n) is 7.29. The highest BCUT2D eigenvalue weighted by molar-refractivity contribution is 5.89. The Morgan fingerprint density at radius 3 is 2.70 bits per heavy atom. The predicted molar refractivity (Wildman–Crippen MR) is 81.0 cm³/mol. The van der Waals surface area contributed by atoms with Crippen LogP contribution < -0.4 is 5.32 Å². The third kappa shape index (κ3) is 3.73. The highest BCUT2D eigenvalue weighted by Crippen LogP contribution is 2.25. The molecule has 0 spiro atoms. The fourth-order valence-electron chi connectivity index (χ4n) is 2.65. The van der Waals surface area contributed by atoms with E-state index in [1.807, 2.05) is 13.0 Å². The lowest BCUT2D eigenvalue weighted by molar-refractivity contribution is 0.0501. The zero-order valence-corrected chi connectivity index (χ0v) is 12.6. The van der Waals surface area contributed by atoms with Gasteiger partial charge in [-0.05, 0) is 63.3 Å². The number of anilines is 1. The van der Waals surface area contributed by atoms with Gasteiger partial charge >= 0.3 is 6.03 Å². The summed E-state index contributed by atoms with van der Waals surface area (Å²) in [6.45, 7) is 6.21. The smallest absolute Gasteiger partial charge is 0.321 e. The van der Waals surface area contributed by atoms with Crippen molar-refractivity contribution in [2.45, 2.75) is 45.6 Å². The second-order valence-corrected chi connectivity index (χ2v) is 6.09. The second kappa shape index (κ2) is 5.83. The Bertz CT molecular complexity index is 492. The molecule has 0 bridgehead atoms. The number of nitrogens with one attached hydrogen (secondary N) is 1. The molecule has 1 aromatic rings. The Kier molecular flexibility index (Phi) is 4.33. The van der Waals surface area contributed by atoms with Crippen LogP contribution in [0.25, 0.3) is 0 Å². The molecule has 0 unspecified atom stereocenters. The van der Waals surface area contributed by atoms with E-state index in [4.69, 9.17) is 0 Å². The lowest BCUT2D eigenvalue weighted by Crippen LogP contribution is -2.44. The Morgan fingerprint density at radius 1 is 1.35 bits per heavy atom. The average Bonchev–Trinajstić information content (AvgIpc) is 2.82. The SMILES string of the molecule is CCN(CC(C)(C)O)C(=O)Nc1ccc2c(c1)CCC2. The maximum absolute atomic E-state index is 12.2.